The van der Waals surface area contributed by atoms with Gasteiger partial charge in [0.15, 0.2) is 5.60 Å². The minimum Gasteiger partial charge on any atom is -0.476 e. The van der Waals surface area contributed by atoms with Crippen LogP contribution < -0.4 is 10.5 Å². The molecule has 1 aromatic heterocycles. The number of aromatic nitrogens is 1. The summed E-state index contributed by atoms with van der Waals surface area (Å²) in [5.41, 5.74) is 6.52. The zero-order valence-electron chi connectivity index (χ0n) is 21.1. The van der Waals surface area contributed by atoms with Crippen molar-refractivity contribution >= 4 is 46.1 Å². The highest BCUT2D eigenvalue weighted by Crippen LogP contribution is 2.28. The second kappa shape index (κ2) is 11.9. The van der Waals surface area contributed by atoms with Gasteiger partial charge in [0.25, 0.3) is 0 Å². The molecule has 1 heterocycles. The predicted molar refractivity (Wildman–Crippen MR) is 144 cm³/mol. The molecule has 0 aliphatic heterocycles. The summed E-state index contributed by atoms with van der Waals surface area (Å²) in [6.45, 7) is 9.00. The van der Waals surface area contributed by atoms with Crippen LogP contribution in [-0.2, 0) is 22.5 Å². The zero-order chi connectivity index (χ0) is 26.5. The Morgan fingerprint density at radius 3 is 2.61 bits per heavy atom. The van der Waals surface area contributed by atoms with E-state index >= 15 is 0 Å². The third-order valence-corrected chi connectivity index (χ3v) is 6.80. The number of rotatable bonds is 11. The molecule has 0 bridgehead atoms. The first-order valence-corrected chi connectivity index (χ1v) is 12.7. The number of carbonyl (C=O) groups excluding carboxylic acids is 2. The number of urea groups is 1. The molecule has 194 valence electrons. The first kappa shape index (κ1) is 27.7. The van der Waals surface area contributed by atoms with Crippen molar-refractivity contribution in [1.29, 1.82) is 0 Å². The van der Waals surface area contributed by atoms with Crippen molar-refractivity contribution in [3.8, 4) is 5.75 Å². The van der Waals surface area contributed by atoms with E-state index in [0.29, 0.717) is 48.5 Å². The molecule has 1 unspecified atom stereocenters. The molecule has 0 saturated carbocycles. The van der Waals surface area contributed by atoms with Gasteiger partial charge in [-0.2, -0.15) is 0 Å². The monoisotopic (exact) mass is 533 g/mol. The van der Waals surface area contributed by atoms with Gasteiger partial charge in [0.2, 0.25) is 0 Å². The van der Waals surface area contributed by atoms with E-state index in [4.69, 9.17) is 38.4 Å². The third kappa shape index (κ3) is 6.86. The highest BCUT2D eigenvalue weighted by molar-refractivity contribution is 6.42. The Kier molecular flexibility index (Phi) is 9.14. The van der Waals surface area contributed by atoms with Crippen molar-refractivity contribution in [1.82, 2.24) is 9.47 Å². The Morgan fingerprint density at radius 1 is 1.17 bits per heavy atom. The van der Waals surface area contributed by atoms with Crippen LogP contribution in [-0.4, -0.2) is 46.8 Å². The molecule has 2 amide bonds. The predicted octanol–water partition coefficient (Wildman–Crippen LogP) is 5.93. The molecule has 2 N–H and O–H groups in total. The molecule has 0 radical (unpaired) electrons. The van der Waals surface area contributed by atoms with Crippen LogP contribution in [0.1, 0.15) is 33.3 Å². The number of hydrogen-bond donors (Lipinski definition) is 1. The molecule has 3 aromatic rings. The van der Waals surface area contributed by atoms with E-state index in [0.717, 1.165) is 16.5 Å². The van der Waals surface area contributed by atoms with Gasteiger partial charge in [-0.25, -0.2) is 9.59 Å². The van der Waals surface area contributed by atoms with Gasteiger partial charge in [-0.05, 0) is 69.0 Å². The largest absolute Gasteiger partial charge is 0.476 e. The first-order chi connectivity index (χ1) is 17.0. The van der Waals surface area contributed by atoms with Crippen LogP contribution in [0.4, 0.5) is 4.79 Å². The van der Waals surface area contributed by atoms with Crippen LogP contribution >= 0.6 is 23.2 Å². The van der Waals surface area contributed by atoms with Crippen LogP contribution in [0.3, 0.4) is 0 Å². The molecule has 0 spiro atoms. The summed E-state index contributed by atoms with van der Waals surface area (Å²) in [4.78, 5) is 25.9. The maximum atomic E-state index is 12.1. The van der Waals surface area contributed by atoms with Gasteiger partial charge in [-0.15, -0.1) is 0 Å². The van der Waals surface area contributed by atoms with E-state index in [2.05, 4.69) is 11.5 Å². The van der Waals surface area contributed by atoms with E-state index in [-0.39, 0.29) is 5.92 Å². The lowest BCUT2D eigenvalue weighted by molar-refractivity contribution is -0.158. The standard InChI is InChI=1S/C27H33Cl2N3O4/c1-5-35-25(33)27(3,4)36-21-9-10-23-19(16-21)11-12-31(23)13-14-32(26(30)34)17-18(2)15-20-7-6-8-22(28)24(20)29/h6-12,16,18H,5,13-15,17H2,1-4H3,(H2,30,34). The number of ether oxygens (including phenoxy) is 2. The third-order valence-electron chi connectivity index (χ3n) is 5.94. The second-order valence-corrected chi connectivity index (χ2v) is 10.2. The summed E-state index contributed by atoms with van der Waals surface area (Å²) in [5, 5.41) is 2.02. The summed E-state index contributed by atoms with van der Waals surface area (Å²) >= 11 is 12.5. The summed E-state index contributed by atoms with van der Waals surface area (Å²) in [6, 6.07) is 12.7. The van der Waals surface area contributed by atoms with Crippen molar-refractivity contribution in [3.05, 3.63) is 64.3 Å². The summed E-state index contributed by atoms with van der Waals surface area (Å²) in [7, 11) is 0. The summed E-state index contributed by atoms with van der Waals surface area (Å²) < 4.78 is 13.1. The Morgan fingerprint density at radius 2 is 1.92 bits per heavy atom. The van der Waals surface area contributed by atoms with E-state index in [1.54, 1.807) is 31.7 Å². The normalized spacial score (nSPS) is 12.4. The Bertz CT molecular complexity index is 1220. The quantitative estimate of drug-likeness (QED) is 0.309. The molecular weight excluding hydrogens is 501 g/mol. The van der Waals surface area contributed by atoms with E-state index in [1.807, 2.05) is 42.6 Å². The average molecular weight is 534 g/mol. The molecule has 1 atom stereocenters. The summed E-state index contributed by atoms with van der Waals surface area (Å²) in [5.74, 6) is 0.295. The van der Waals surface area contributed by atoms with Crippen LogP contribution in [0.25, 0.3) is 10.9 Å². The number of amides is 2. The number of halogens is 2. The molecule has 0 saturated heterocycles. The Hall–Kier alpha value is -2.90. The zero-order valence-corrected chi connectivity index (χ0v) is 22.6. The number of fused-ring (bicyclic) bond motifs is 1. The maximum Gasteiger partial charge on any atom is 0.349 e. The highest BCUT2D eigenvalue weighted by Gasteiger charge is 2.31. The smallest absolute Gasteiger partial charge is 0.349 e. The molecular formula is C27H33Cl2N3O4. The van der Waals surface area contributed by atoms with Gasteiger partial charge in [-0.3, -0.25) is 0 Å². The van der Waals surface area contributed by atoms with Crippen molar-refractivity contribution in [2.24, 2.45) is 11.7 Å². The SMILES string of the molecule is CCOC(=O)C(C)(C)Oc1ccc2c(ccn2CCN(CC(C)Cc2cccc(Cl)c2Cl)C(N)=O)c1. The number of carbonyl (C=O) groups is 2. The van der Waals surface area contributed by atoms with E-state index in [1.165, 1.54) is 0 Å². The molecule has 9 heteroatoms. The van der Waals surface area contributed by atoms with Crippen molar-refractivity contribution in [3.63, 3.8) is 0 Å². The topological polar surface area (TPSA) is 86.8 Å². The number of esters is 1. The van der Waals surface area contributed by atoms with Crippen LogP contribution in [0.15, 0.2) is 48.7 Å². The van der Waals surface area contributed by atoms with Crippen LogP contribution in [0, 0.1) is 5.92 Å². The van der Waals surface area contributed by atoms with Crippen molar-refractivity contribution in [2.45, 2.75) is 46.3 Å². The fraction of sp³-hybridized carbons (Fsp3) is 0.407. The van der Waals surface area contributed by atoms with Gasteiger partial charge in [0.1, 0.15) is 5.75 Å². The minimum absolute atomic E-state index is 0.136. The maximum absolute atomic E-state index is 12.1. The average Bonchev–Trinajstić information content (AvgIpc) is 3.21. The lowest BCUT2D eigenvalue weighted by Gasteiger charge is -2.25. The molecule has 0 fully saturated rings. The van der Waals surface area contributed by atoms with Crippen LogP contribution in [0.2, 0.25) is 10.0 Å². The van der Waals surface area contributed by atoms with Crippen molar-refractivity contribution < 1.29 is 19.1 Å². The Balaban J connectivity index is 1.65. The molecule has 0 aliphatic rings. The number of nitrogens with two attached hydrogens (primary N) is 1. The fourth-order valence-corrected chi connectivity index (χ4v) is 4.52. The van der Waals surface area contributed by atoms with Gasteiger partial charge in [0.05, 0.1) is 16.7 Å². The Labute approximate surface area is 222 Å². The highest BCUT2D eigenvalue weighted by atomic mass is 35.5. The van der Waals surface area contributed by atoms with Gasteiger partial charge in [-0.1, -0.05) is 42.3 Å². The number of nitrogens with zero attached hydrogens (tertiary/aromatic N) is 2. The van der Waals surface area contributed by atoms with E-state index in [9.17, 15) is 9.59 Å². The number of primary amides is 1. The fourth-order valence-electron chi connectivity index (χ4n) is 4.12. The minimum atomic E-state index is -1.10. The molecule has 36 heavy (non-hydrogen) atoms. The van der Waals surface area contributed by atoms with E-state index < -0.39 is 17.6 Å². The molecule has 0 aliphatic carbocycles. The molecule has 7 nitrogen and oxygen atoms in total. The van der Waals surface area contributed by atoms with Gasteiger partial charge >= 0.3 is 12.0 Å². The van der Waals surface area contributed by atoms with Gasteiger partial charge < -0.3 is 24.7 Å². The second-order valence-electron chi connectivity index (χ2n) is 9.37. The molecule has 2 aromatic carbocycles. The first-order valence-electron chi connectivity index (χ1n) is 11.9. The summed E-state index contributed by atoms with van der Waals surface area (Å²) in [6.07, 6.45) is 2.64. The van der Waals surface area contributed by atoms with Crippen molar-refractivity contribution in [2.75, 3.05) is 19.7 Å². The van der Waals surface area contributed by atoms with Gasteiger partial charge in [0, 0.05) is 36.7 Å². The lowest BCUT2D eigenvalue weighted by Crippen LogP contribution is -2.41. The number of benzene rings is 2. The number of hydrogen-bond acceptors (Lipinski definition) is 4. The van der Waals surface area contributed by atoms with Crippen LogP contribution in [0.5, 0.6) is 5.75 Å². The lowest BCUT2D eigenvalue weighted by atomic mass is 10.0. The molecule has 3 rings (SSSR count).